The molecule has 0 radical (unpaired) electrons. The van der Waals surface area contributed by atoms with Gasteiger partial charge in [-0.3, -0.25) is 0 Å². The summed E-state index contributed by atoms with van der Waals surface area (Å²) >= 11 is 0. The second kappa shape index (κ2) is 9.02. The molecule has 2 rings (SSSR count). The van der Waals surface area contributed by atoms with Gasteiger partial charge in [0.05, 0.1) is 18.2 Å². The third-order valence-corrected chi connectivity index (χ3v) is 3.73. The van der Waals surface area contributed by atoms with Gasteiger partial charge in [-0.1, -0.05) is 56.2 Å². The molecule has 0 atom stereocenters. The lowest BCUT2D eigenvalue weighted by molar-refractivity contribution is 0.133. The van der Waals surface area contributed by atoms with Crippen LogP contribution in [0.25, 0.3) is 11.1 Å². The molecular weight excluding hydrogens is 270 g/mol. The largest absolute Gasteiger partial charge is 0.381 e. The highest BCUT2D eigenvalue weighted by atomic mass is 16.5. The summed E-state index contributed by atoms with van der Waals surface area (Å²) in [4.78, 5) is 0. The predicted molar refractivity (Wildman–Crippen MR) is 90.6 cm³/mol. The average Bonchev–Trinajstić information content (AvgIpc) is 2.59. The topological polar surface area (TPSA) is 33.0 Å². The summed E-state index contributed by atoms with van der Waals surface area (Å²) in [6, 6.07) is 18.4. The molecule has 2 nitrogen and oxygen atoms in total. The maximum Gasteiger partial charge on any atom is 0.0991 e. The van der Waals surface area contributed by atoms with E-state index < -0.39 is 0 Å². The van der Waals surface area contributed by atoms with E-state index in [1.807, 2.05) is 24.3 Å². The van der Waals surface area contributed by atoms with Gasteiger partial charge in [0.2, 0.25) is 0 Å². The number of rotatable bonds is 8. The maximum absolute atomic E-state index is 8.82. The van der Waals surface area contributed by atoms with E-state index in [0.717, 1.165) is 31.6 Å². The first-order valence-electron chi connectivity index (χ1n) is 8.00. The molecule has 0 saturated heterocycles. The van der Waals surface area contributed by atoms with E-state index in [4.69, 9.17) is 10.00 Å². The highest BCUT2D eigenvalue weighted by Crippen LogP contribution is 2.20. The quantitative estimate of drug-likeness (QED) is 0.643. The fraction of sp³-hybridized carbons (Fsp3) is 0.350. The second-order valence-corrected chi connectivity index (χ2v) is 5.46. The first-order valence-corrected chi connectivity index (χ1v) is 8.00. The number of unbranched alkanes of at least 4 members (excludes halogenated alkanes) is 2. The van der Waals surface area contributed by atoms with Crippen LogP contribution in [0.2, 0.25) is 0 Å². The zero-order chi connectivity index (χ0) is 15.6. The van der Waals surface area contributed by atoms with E-state index in [1.165, 1.54) is 24.0 Å². The van der Waals surface area contributed by atoms with Crippen molar-refractivity contribution >= 4 is 0 Å². The van der Waals surface area contributed by atoms with Gasteiger partial charge >= 0.3 is 0 Å². The molecule has 0 spiro atoms. The third-order valence-electron chi connectivity index (χ3n) is 3.73. The Kier molecular flexibility index (Phi) is 6.67. The number of ether oxygens (including phenoxy) is 1. The lowest BCUT2D eigenvalue weighted by atomic mass is 10.0. The summed E-state index contributed by atoms with van der Waals surface area (Å²) in [6.07, 6.45) is 4.60. The molecule has 22 heavy (non-hydrogen) atoms. The van der Waals surface area contributed by atoms with Crippen LogP contribution in [0.5, 0.6) is 0 Å². The predicted octanol–water partition coefficient (Wildman–Crippen LogP) is 4.97. The van der Waals surface area contributed by atoms with Crippen molar-refractivity contribution in [1.82, 2.24) is 0 Å². The van der Waals surface area contributed by atoms with E-state index in [0.29, 0.717) is 5.56 Å². The third kappa shape index (κ3) is 5.02. The number of benzene rings is 2. The SMILES string of the molecule is CCCCCOCCc1ccc(-c2ccc(C#N)cc2)cc1. The Labute approximate surface area is 133 Å². The van der Waals surface area contributed by atoms with Gasteiger partial charge in [-0.05, 0) is 41.7 Å². The zero-order valence-electron chi connectivity index (χ0n) is 13.2. The van der Waals surface area contributed by atoms with Crippen molar-refractivity contribution in [2.75, 3.05) is 13.2 Å². The standard InChI is InChI=1S/C20H23NO/c1-2-3-4-14-22-15-13-17-5-9-19(10-6-17)20-11-7-18(16-21)8-12-20/h5-12H,2-4,13-15H2,1H3. The van der Waals surface area contributed by atoms with Crippen LogP contribution in [0.15, 0.2) is 48.5 Å². The molecule has 2 aromatic carbocycles. The lowest BCUT2D eigenvalue weighted by Crippen LogP contribution is -2.00. The fourth-order valence-electron chi connectivity index (χ4n) is 2.35. The number of nitriles is 1. The van der Waals surface area contributed by atoms with Gasteiger partial charge in [-0.15, -0.1) is 0 Å². The van der Waals surface area contributed by atoms with Crippen LogP contribution >= 0.6 is 0 Å². The van der Waals surface area contributed by atoms with E-state index in [-0.39, 0.29) is 0 Å². The normalized spacial score (nSPS) is 10.4. The molecule has 2 heteroatoms. The summed E-state index contributed by atoms with van der Waals surface area (Å²) in [5.41, 5.74) is 4.31. The van der Waals surface area contributed by atoms with Crippen molar-refractivity contribution in [3.63, 3.8) is 0 Å². The number of hydrogen-bond acceptors (Lipinski definition) is 2. The van der Waals surface area contributed by atoms with Crippen LogP contribution in [-0.4, -0.2) is 13.2 Å². The smallest absolute Gasteiger partial charge is 0.0991 e. The molecule has 2 aromatic rings. The van der Waals surface area contributed by atoms with Gasteiger partial charge in [0.1, 0.15) is 0 Å². The Hall–Kier alpha value is -2.11. The Morgan fingerprint density at radius 1 is 0.864 bits per heavy atom. The monoisotopic (exact) mass is 293 g/mol. The molecule has 0 N–H and O–H groups in total. The van der Waals surface area contributed by atoms with E-state index in [9.17, 15) is 0 Å². The molecule has 0 bridgehead atoms. The zero-order valence-corrected chi connectivity index (χ0v) is 13.2. The number of hydrogen-bond donors (Lipinski definition) is 0. The molecule has 0 aromatic heterocycles. The summed E-state index contributed by atoms with van der Waals surface area (Å²) in [6.45, 7) is 3.87. The fourth-order valence-corrected chi connectivity index (χ4v) is 2.35. The molecule has 0 amide bonds. The van der Waals surface area contributed by atoms with Crippen LogP contribution < -0.4 is 0 Å². The minimum Gasteiger partial charge on any atom is -0.381 e. The Morgan fingerprint density at radius 2 is 1.50 bits per heavy atom. The molecule has 0 aliphatic carbocycles. The first-order chi connectivity index (χ1) is 10.8. The van der Waals surface area contributed by atoms with Gasteiger partial charge in [0.25, 0.3) is 0 Å². The lowest BCUT2D eigenvalue weighted by Gasteiger charge is -2.06. The summed E-state index contributed by atoms with van der Waals surface area (Å²) in [7, 11) is 0. The van der Waals surface area contributed by atoms with Gasteiger partial charge in [-0.2, -0.15) is 5.26 Å². The Morgan fingerprint density at radius 3 is 2.09 bits per heavy atom. The van der Waals surface area contributed by atoms with Crippen LogP contribution in [0.4, 0.5) is 0 Å². The van der Waals surface area contributed by atoms with Crippen LogP contribution in [0.1, 0.15) is 37.3 Å². The van der Waals surface area contributed by atoms with Gasteiger partial charge in [-0.25, -0.2) is 0 Å². The highest BCUT2D eigenvalue weighted by Gasteiger charge is 1.99. The molecule has 0 fully saturated rings. The van der Waals surface area contributed by atoms with E-state index in [1.54, 1.807) is 0 Å². The first kappa shape index (κ1) is 16.3. The summed E-state index contributed by atoms with van der Waals surface area (Å²) < 4.78 is 5.65. The second-order valence-electron chi connectivity index (χ2n) is 5.46. The van der Waals surface area contributed by atoms with Crippen molar-refractivity contribution in [2.24, 2.45) is 0 Å². The molecule has 0 saturated carbocycles. The summed E-state index contributed by atoms with van der Waals surface area (Å²) in [5, 5.41) is 8.82. The van der Waals surface area contributed by atoms with Crippen LogP contribution in [-0.2, 0) is 11.2 Å². The summed E-state index contributed by atoms with van der Waals surface area (Å²) in [5.74, 6) is 0. The minimum atomic E-state index is 0.695. The van der Waals surface area contributed by atoms with E-state index >= 15 is 0 Å². The number of nitrogens with zero attached hydrogens (tertiary/aromatic N) is 1. The van der Waals surface area contributed by atoms with Crippen LogP contribution in [0, 0.1) is 11.3 Å². The van der Waals surface area contributed by atoms with Crippen molar-refractivity contribution in [2.45, 2.75) is 32.6 Å². The molecule has 0 unspecified atom stereocenters. The Bertz CT molecular complexity index is 593. The van der Waals surface area contributed by atoms with Gasteiger partial charge in [0.15, 0.2) is 0 Å². The van der Waals surface area contributed by atoms with Gasteiger partial charge < -0.3 is 4.74 Å². The van der Waals surface area contributed by atoms with E-state index in [2.05, 4.69) is 37.3 Å². The van der Waals surface area contributed by atoms with Crippen molar-refractivity contribution in [3.05, 3.63) is 59.7 Å². The van der Waals surface area contributed by atoms with Crippen molar-refractivity contribution < 1.29 is 4.74 Å². The minimum absolute atomic E-state index is 0.695. The Balaban J connectivity index is 1.83. The molecule has 0 aliphatic rings. The molecule has 0 heterocycles. The highest BCUT2D eigenvalue weighted by molar-refractivity contribution is 5.64. The average molecular weight is 293 g/mol. The van der Waals surface area contributed by atoms with Gasteiger partial charge in [0, 0.05) is 6.61 Å². The van der Waals surface area contributed by atoms with Crippen molar-refractivity contribution in [1.29, 1.82) is 5.26 Å². The maximum atomic E-state index is 8.82. The van der Waals surface area contributed by atoms with Crippen molar-refractivity contribution in [3.8, 4) is 17.2 Å². The molecule has 0 aliphatic heterocycles. The molecular formula is C20H23NO. The van der Waals surface area contributed by atoms with Crippen LogP contribution in [0.3, 0.4) is 0 Å². The molecule has 114 valence electrons.